The van der Waals surface area contributed by atoms with E-state index in [1.807, 2.05) is 6.92 Å². The Labute approximate surface area is 124 Å². The summed E-state index contributed by atoms with van der Waals surface area (Å²) in [4.78, 5) is 22.9. The van der Waals surface area contributed by atoms with Gasteiger partial charge in [-0.2, -0.15) is 5.10 Å². The van der Waals surface area contributed by atoms with Gasteiger partial charge in [0.15, 0.2) is 0 Å². The third-order valence-electron chi connectivity index (χ3n) is 3.23. The number of rotatable bonds is 6. The van der Waals surface area contributed by atoms with Crippen LogP contribution >= 0.6 is 0 Å². The number of nitrogens with one attached hydrogen (secondary N) is 3. The number of hydrogen-bond donors (Lipinski definition) is 4. The van der Waals surface area contributed by atoms with Crippen molar-refractivity contribution in [3.63, 3.8) is 0 Å². The second-order valence-corrected chi connectivity index (χ2v) is 6.16. The van der Waals surface area contributed by atoms with Gasteiger partial charge in [-0.15, -0.1) is 0 Å². The van der Waals surface area contributed by atoms with Crippen molar-refractivity contribution in [3.8, 4) is 0 Å². The van der Waals surface area contributed by atoms with Crippen molar-refractivity contribution in [3.05, 3.63) is 17.5 Å². The van der Waals surface area contributed by atoms with E-state index < -0.39 is 23.5 Å². The monoisotopic (exact) mass is 296 g/mol. The number of aromatic nitrogens is 2. The van der Waals surface area contributed by atoms with E-state index in [0.29, 0.717) is 6.54 Å². The summed E-state index contributed by atoms with van der Waals surface area (Å²) < 4.78 is 0. The Hall–Kier alpha value is -2.05. The summed E-state index contributed by atoms with van der Waals surface area (Å²) in [7, 11) is 0. The molecule has 1 aromatic heterocycles. The van der Waals surface area contributed by atoms with Gasteiger partial charge in [-0.25, -0.2) is 9.59 Å². The lowest BCUT2D eigenvalue weighted by Gasteiger charge is -2.27. The zero-order valence-corrected chi connectivity index (χ0v) is 13.0. The van der Waals surface area contributed by atoms with Crippen LogP contribution < -0.4 is 10.6 Å². The summed E-state index contributed by atoms with van der Waals surface area (Å²) >= 11 is 0. The van der Waals surface area contributed by atoms with Gasteiger partial charge in [-0.3, -0.25) is 5.10 Å². The van der Waals surface area contributed by atoms with Crippen molar-refractivity contribution < 1.29 is 14.7 Å². The van der Waals surface area contributed by atoms with Crippen molar-refractivity contribution >= 4 is 12.0 Å². The normalized spacial score (nSPS) is 12.8. The molecular weight excluding hydrogens is 272 g/mol. The molecule has 0 aliphatic heterocycles. The van der Waals surface area contributed by atoms with Crippen molar-refractivity contribution in [2.24, 2.45) is 5.41 Å². The Morgan fingerprint density at radius 1 is 1.43 bits per heavy atom. The van der Waals surface area contributed by atoms with Gasteiger partial charge >= 0.3 is 12.0 Å². The average Bonchev–Trinajstić information content (AvgIpc) is 2.75. The molecule has 118 valence electrons. The first-order chi connectivity index (χ1) is 9.71. The molecule has 0 aliphatic rings. The lowest BCUT2D eigenvalue weighted by atomic mass is 9.87. The number of H-pyrrole nitrogens is 1. The molecule has 1 aromatic rings. The van der Waals surface area contributed by atoms with Crippen LogP contribution in [-0.4, -0.2) is 39.9 Å². The number of hydrogen-bond acceptors (Lipinski definition) is 3. The van der Waals surface area contributed by atoms with Gasteiger partial charge in [0.05, 0.1) is 6.20 Å². The molecule has 4 N–H and O–H groups in total. The molecule has 7 heteroatoms. The minimum atomic E-state index is -1.04. The van der Waals surface area contributed by atoms with E-state index in [-0.39, 0.29) is 0 Å². The molecule has 7 nitrogen and oxygen atoms in total. The predicted molar refractivity (Wildman–Crippen MR) is 79.1 cm³/mol. The van der Waals surface area contributed by atoms with Crippen LogP contribution in [0.2, 0.25) is 0 Å². The average molecular weight is 296 g/mol. The summed E-state index contributed by atoms with van der Waals surface area (Å²) in [5.74, 6) is -1.04. The number of carboxylic acids is 1. The SMILES string of the molecule is Cc1[nH]ncc1CCCNC(=O)N[C@H](C(=O)O)C(C)(C)C. The van der Waals surface area contributed by atoms with E-state index in [1.54, 1.807) is 27.0 Å². The van der Waals surface area contributed by atoms with E-state index in [9.17, 15) is 9.59 Å². The summed E-state index contributed by atoms with van der Waals surface area (Å²) in [6.07, 6.45) is 3.35. The van der Waals surface area contributed by atoms with Gasteiger partial charge in [0.1, 0.15) is 6.04 Å². The molecular formula is C14H24N4O3. The van der Waals surface area contributed by atoms with Gasteiger partial charge in [-0.1, -0.05) is 20.8 Å². The second-order valence-electron chi connectivity index (χ2n) is 6.16. The van der Waals surface area contributed by atoms with Crippen molar-refractivity contribution in [1.82, 2.24) is 20.8 Å². The fourth-order valence-electron chi connectivity index (χ4n) is 1.94. The number of aliphatic carboxylic acids is 1. The highest BCUT2D eigenvalue weighted by molar-refractivity contribution is 5.83. The fourth-order valence-corrected chi connectivity index (χ4v) is 1.94. The maximum Gasteiger partial charge on any atom is 0.326 e. The van der Waals surface area contributed by atoms with Crippen LogP contribution in [0.5, 0.6) is 0 Å². The zero-order valence-electron chi connectivity index (χ0n) is 13.0. The summed E-state index contributed by atoms with van der Waals surface area (Å²) in [5, 5.41) is 21.1. The van der Waals surface area contributed by atoms with Crippen molar-refractivity contribution in [1.29, 1.82) is 0 Å². The molecule has 2 amide bonds. The number of amides is 2. The smallest absolute Gasteiger partial charge is 0.326 e. The maximum atomic E-state index is 11.7. The molecule has 0 aromatic carbocycles. The molecule has 0 aliphatic carbocycles. The third kappa shape index (κ3) is 5.45. The number of nitrogens with zero attached hydrogens (tertiary/aromatic N) is 1. The second kappa shape index (κ2) is 7.10. The van der Waals surface area contributed by atoms with Gasteiger partial charge in [0.25, 0.3) is 0 Å². The first-order valence-electron chi connectivity index (χ1n) is 6.98. The van der Waals surface area contributed by atoms with Crippen LogP contribution in [0, 0.1) is 12.3 Å². The Morgan fingerprint density at radius 3 is 2.57 bits per heavy atom. The van der Waals surface area contributed by atoms with Gasteiger partial charge in [-0.05, 0) is 30.7 Å². The molecule has 0 unspecified atom stereocenters. The molecule has 21 heavy (non-hydrogen) atoms. The molecule has 0 bridgehead atoms. The fraction of sp³-hybridized carbons (Fsp3) is 0.643. The van der Waals surface area contributed by atoms with Gasteiger partial charge < -0.3 is 15.7 Å². The molecule has 0 saturated carbocycles. The first-order valence-corrected chi connectivity index (χ1v) is 6.98. The first kappa shape index (κ1) is 17.0. The molecule has 0 radical (unpaired) electrons. The van der Waals surface area contributed by atoms with Crippen LogP contribution in [0.3, 0.4) is 0 Å². The van der Waals surface area contributed by atoms with Gasteiger partial charge in [0.2, 0.25) is 0 Å². The predicted octanol–water partition coefficient (Wildman–Crippen LogP) is 1.45. The summed E-state index contributed by atoms with van der Waals surface area (Å²) in [6, 6.07) is -1.38. The highest BCUT2D eigenvalue weighted by Crippen LogP contribution is 2.19. The van der Waals surface area contributed by atoms with Crippen LogP contribution in [0.1, 0.15) is 38.4 Å². The van der Waals surface area contributed by atoms with Crippen LogP contribution in [0.25, 0.3) is 0 Å². The molecule has 0 fully saturated rings. The molecule has 0 saturated heterocycles. The molecule has 1 rings (SSSR count). The van der Waals surface area contributed by atoms with E-state index in [2.05, 4.69) is 20.8 Å². The van der Waals surface area contributed by atoms with E-state index >= 15 is 0 Å². The van der Waals surface area contributed by atoms with Crippen molar-refractivity contribution in [2.75, 3.05) is 6.54 Å². The quantitative estimate of drug-likeness (QED) is 0.596. The number of carboxylic acid groups (broad SMARTS) is 1. The Balaban J connectivity index is 2.33. The largest absolute Gasteiger partial charge is 0.480 e. The minimum Gasteiger partial charge on any atom is -0.480 e. The number of carbonyl (C=O) groups excluding carboxylic acids is 1. The Kier molecular flexibility index (Phi) is 5.75. The standard InChI is InChI=1S/C14H24N4O3/c1-9-10(8-16-18-9)6-5-7-15-13(21)17-11(12(19)20)14(2,3)4/h8,11H,5-7H2,1-4H3,(H,16,18)(H,19,20)(H2,15,17,21)/t11-/m1/s1. The van der Waals surface area contributed by atoms with E-state index in [1.165, 1.54) is 0 Å². The molecule has 1 atom stereocenters. The lowest BCUT2D eigenvalue weighted by molar-refractivity contribution is -0.141. The van der Waals surface area contributed by atoms with Crippen LogP contribution in [0.4, 0.5) is 4.79 Å². The Morgan fingerprint density at radius 2 is 2.10 bits per heavy atom. The summed E-state index contributed by atoms with van der Waals surface area (Å²) in [6.45, 7) is 7.74. The van der Waals surface area contributed by atoms with E-state index in [4.69, 9.17) is 5.11 Å². The van der Waals surface area contributed by atoms with Crippen LogP contribution in [-0.2, 0) is 11.2 Å². The molecule has 1 heterocycles. The zero-order chi connectivity index (χ0) is 16.0. The minimum absolute atomic E-state index is 0.457. The summed E-state index contributed by atoms with van der Waals surface area (Å²) in [5.41, 5.74) is 1.60. The van der Waals surface area contributed by atoms with E-state index in [0.717, 1.165) is 24.1 Å². The third-order valence-corrected chi connectivity index (χ3v) is 3.23. The highest BCUT2D eigenvalue weighted by Gasteiger charge is 2.32. The number of aromatic amines is 1. The molecule has 0 spiro atoms. The number of aryl methyl sites for hydroxylation is 2. The van der Waals surface area contributed by atoms with Crippen LogP contribution in [0.15, 0.2) is 6.20 Å². The van der Waals surface area contributed by atoms with Gasteiger partial charge in [0, 0.05) is 12.2 Å². The Bertz CT molecular complexity index is 491. The maximum absolute atomic E-state index is 11.7. The number of urea groups is 1. The number of carbonyl (C=O) groups is 2. The highest BCUT2D eigenvalue weighted by atomic mass is 16.4. The topological polar surface area (TPSA) is 107 Å². The van der Waals surface area contributed by atoms with Crippen molar-refractivity contribution in [2.45, 2.75) is 46.6 Å². The lowest BCUT2D eigenvalue weighted by Crippen LogP contribution is -2.52.